The van der Waals surface area contributed by atoms with Crippen molar-refractivity contribution in [1.82, 2.24) is 0 Å². The molecule has 6 heteroatoms. The van der Waals surface area contributed by atoms with Crippen molar-refractivity contribution in [2.45, 2.75) is 36.5 Å². The second-order valence-electron chi connectivity index (χ2n) is 4.49. The van der Waals surface area contributed by atoms with Gasteiger partial charge in [-0.25, -0.2) is 0 Å². The topological polar surface area (TPSA) is 79.2 Å². The number of aliphatic hydroxyl groups excluding tert-OH is 3. The molecule has 0 aromatic heterocycles. The van der Waals surface area contributed by atoms with Gasteiger partial charge >= 0.3 is 0 Å². The lowest BCUT2D eigenvalue weighted by atomic mass is 10.00. The Hall–Kier alpha value is -0.630. The molecule has 1 heterocycles. The summed E-state index contributed by atoms with van der Waals surface area (Å²) in [6, 6.07) is 9.48. The average molecular weight is 286 g/mol. The highest BCUT2D eigenvalue weighted by atomic mass is 32.1. The van der Waals surface area contributed by atoms with Gasteiger partial charge in [-0.3, -0.25) is 0 Å². The Bertz CT molecular complexity index is 388. The molecule has 3 N–H and O–H groups in total. The molecule has 0 spiro atoms. The minimum absolute atomic E-state index is 0.291. The molecule has 0 bridgehead atoms. The summed E-state index contributed by atoms with van der Waals surface area (Å²) >= 11 is 4.19. The van der Waals surface area contributed by atoms with Crippen molar-refractivity contribution >= 4 is 12.6 Å². The summed E-state index contributed by atoms with van der Waals surface area (Å²) < 4.78 is 10.9. The van der Waals surface area contributed by atoms with E-state index in [1.807, 2.05) is 30.3 Å². The smallest absolute Gasteiger partial charge is 0.129 e. The van der Waals surface area contributed by atoms with Crippen LogP contribution in [0.25, 0.3) is 0 Å². The van der Waals surface area contributed by atoms with Crippen LogP contribution in [0.4, 0.5) is 0 Å². The zero-order chi connectivity index (χ0) is 13.8. The quantitative estimate of drug-likeness (QED) is 0.583. The number of ether oxygens (including phenoxy) is 2. The third kappa shape index (κ3) is 3.47. The molecule has 0 aliphatic carbocycles. The monoisotopic (exact) mass is 286 g/mol. The van der Waals surface area contributed by atoms with Crippen LogP contribution in [0.3, 0.4) is 0 Å². The normalized spacial score (nSPS) is 35.3. The summed E-state index contributed by atoms with van der Waals surface area (Å²) in [4.78, 5) is 0. The van der Waals surface area contributed by atoms with Gasteiger partial charge in [0.05, 0.1) is 13.2 Å². The maximum Gasteiger partial charge on any atom is 0.129 e. The lowest BCUT2D eigenvalue weighted by Gasteiger charge is -2.40. The maximum atomic E-state index is 9.97. The predicted octanol–water partition coefficient (Wildman–Crippen LogP) is -0.0594. The summed E-state index contributed by atoms with van der Waals surface area (Å²) in [6.07, 6.45) is -3.92. The van der Waals surface area contributed by atoms with E-state index in [1.165, 1.54) is 0 Å². The van der Waals surface area contributed by atoms with Crippen LogP contribution in [0.2, 0.25) is 0 Å². The van der Waals surface area contributed by atoms with E-state index in [-0.39, 0.29) is 6.61 Å². The zero-order valence-electron chi connectivity index (χ0n) is 10.3. The van der Waals surface area contributed by atoms with Crippen LogP contribution in [0.1, 0.15) is 5.56 Å². The van der Waals surface area contributed by atoms with Gasteiger partial charge in [0.25, 0.3) is 0 Å². The van der Waals surface area contributed by atoms with Gasteiger partial charge in [-0.05, 0) is 5.56 Å². The van der Waals surface area contributed by atoms with Crippen molar-refractivity contribution in [3.63, 3.8) is 0 Å². The van der Waals surface area contributed by atoms with Crippen LogP contribution < -0.4 is 0 Å². The van der Waals surface area contributed by atoms with E-state index in [9.17, 15) is 10.2 Å². The Morgan fingerprint density at radius 3 is 2.47 bits per heavy atom. The first kappa shape index (κ1) is 14.8. The van der Waals surface area contributed by atoms with Crippen molar-refractivity contribution in [1.29, 1.82) is 0 Å². The highest BCUT2D eigenvalue weighted by Gasteiger charge is 2.43. The fourth-order valence-corrected chi connectivity index (χ4v) is 2.44. The fraction of sp³-hybridized carbons (Fsp3) is 0.538. The number of thiol groups is 1. The molecule has 106 valence electrons. The van der Waals surface area contributed by atoms with Crippen LogP contribution in [0.15, 0.2) is 30.3 Å². The standard InChI is InChI=1S/C13H18O5S/c14-6-9-10(15)11(16)12(13(19)18-9)17-7-8-4-2-1-3-5-8/h1-5,9-16,19H,6-7H2/t9-,10+,11+,12-,13-/m1/s1. The molecule has 5 nitrogen and oxygen atoms in total. The molecule has 1 aromatic rings. The largest absolute Gasteiger partial charge is 0.394 e. The lowest BCUT2D eigenvalue weighted by molar-refractivity contribution is -0.221. The Labute approximate surface area is 117 Å². The van der Waals surface area contributed by atoms with Gasteiger partial charge in [0.2, 0.25) is 0 Å². The summed E-state index contributed by atoms with van der Waals surface area (Å²) in [6.45, 7) is -0.0831. The molecule has 2 rings (SSSR count). The van der Waals surface area contributed by atoms with Gasteiger partial charge in [0, 0.05) is 0 Å². The van der Waals surface area contributed by atoms with E-state index >= 15 is 0 Å². The van der Waals surface area contributed by atoms with Crippen molar-refractivity contribution in [2.24, 2.45) is 0 Å². The average Bonchev–Trinajstić information content (AvgIpc) is 2.44. The molecular formula is C13H18O5S. The molecule has 1 aliphatic rings. The van der Waals surface area contributed by atoms with E-state index in [1.54, 1.807) is 0 Å². The second kappa shape index (κ2) is 6.69. The van der Waals surface area contributed by atoms with Crippen LogP contribution in [0, 0.1) is 0 Å². The Morgan fingerprint density at radius 1 is 1.16 bits per heavy atom. The molecule has 1 aliphatic heterocycles. The third-order valence-electron chi connectivity index (χ3n) is 3.13. The highest BCUT2D eigenvalue weighted by molar-refractivity contribution is 7.80. The first-order valence-electron chi connectivity index (χ1n) is 6.09. The lowest BCUT2D eigenvalue weighted by Crippen LogP contribution is -2.57. The van der Waals surface area contributed by atoms with E-state index in [2.05, 4.69) is 12.6 Å². The van der Waals surface area contributed by atoms with E-state index in [4.69, 9.17) is 14.6 Å². The zero-order valence-corrected chi connectivity index (χ0v) is 11.2. The van der Waals surface area contributed by atoms with Crippen LogP contribution in [-0.4, -0.2) is 51.8 Å². The van der Waals surface area contributed by atoms with Gasteiger partial charge in [-0.15, -0.1) is 12.6 Å². The van der Waals surface area contributed by atoms with E-state index in [0.717, 1.165) is 5.56 Å². The first-order chi connectivity index (χ1) is 9.13. The molecule has 19 heavy (non-hydrogen) atoms. The van der Waals surface area contributed by atoms with Gasteiger partial charge in [0.1, 0.15) is 29.9 Å². The predicted molar refractivity (Wildman–Crippen MR) is 71.8 cm³/mol. The Balaban J connectivity index is 1.96. The molecule has 1 saturated heterocycles. The molecule has 5 atom stereocenters. The van der Waals surface area contributed by atoms with Crippen LogP contribution in [-0.2, 0) is 16.1 Å². The van der Waals surface area contributed by atoms with E-state index in [0.29, 0.717) is 6.61 Å². The SMILES string of the molecule is OC[C@H]1O[C@H](S)[C@H](OCc2ccccc2)[C@@H](O)[C@H]1O. The van der Waals surface area contributed by atoms with Crippen molar-refractivity contribution in [3.05, 3.63) is 35.9 Å². The molecule has 0 amide bonds. The van der Waals surface area contributed by atoms with Crippen molar-refractivity contribution in [2.75, 3.05) is 6.61 Å². The van der Waals surface area contributed by atoms with Gasteiger partial charge in [-0.2, -0.15) is 0 Å². The summed E-state index contributed by atoms with van der Waals surface area (Å²) in [5, 5.41) is 28.8. The van der Waals surface area contributed by atoms with Crippen molar-refractivity contribution < 1.29 is 24.8 Å². The number of benzene rings is 1. The summed E-state index contributed by atoms with van der Waals surface area (Å²) in [7, 11) is 0. The number of hydrogen-bond acceptors (Lipinski definition) is 6. The minimum atomic E-state index is -1.19. The molecule has 1 aromatic carbocycles. The Kier molecular flexibility index (Phi) is 5.20. The summed E-state index contributed by atoms with van der Waals surface area (Å²) in [5.41, 5.74) is 0.258. The molecule has 0 radical (unpaired) electrons. The molecule has 0 saturated carbocycles. The maximum absolute atomic E-state index is 9.97. The Morgan fingerprint density at radius 2 is 1.84 bits per heavy atom. The van der Waals surface area contributed by atoms with Gasteiger partial charge in [0.15, 0.2) is 0 Å². The van der Waals surface area contributed by atoms with Crippen LogP contribution in [0.5, 0.6) is 0 Å². The fourth-order valence-electron chi connectivity index (χ4n) is 2.02. The number of aliphatic hydroxyl groups is 3. The van der Waals surface area contributed by atoms with Gasteiger partial charge in [-0.1, -0.05) is 30.3 Å². The number of rotatable bonds is 4. The molecule has 1 fully saturated rings. The molecule has 0 unspecified atom stereocenters. The van der Waals surface area contributed by atoms with E-state index < -0.39 is 29.9 Å². The van der Waals surface area contributed by atoms with Crippen LogP contribution >= 0.6 is 12.6 Å². The molecular weight excluding hydrogens is 268 g/mol. The van der Waals surface area contributed by atoms with Crippen molar-refractivity contribution in [3.8, 4) is 0 Å². The van der Waals surface area contributed by atoms with Gasteiger partial charge < -0.3 is 24.8 Å². The third-order valence-corrected chi connectivity index (χ3v) is 3.54. The summed E-state index contributed by atoms with van der Waals surface area (Å²) in [5.74, 6) is 0. The number of hydrogen-bond donors (Lipinski definition) is 4. The second-order valence-corrected chi connectivity index (χ2v) is 5.00. The highest BCUT2D eigenvalue weighted by Crippen LogP contribution is 2.26. The minimum Gasteiger partial charge on any atom is -0.394 e. The first-order valence-corrected chi connectivity index (χ1v) is 6.61.